The predicted molar refractivity (Wildman–Crippen MR) is 96.9 cm³/mol. The summed E-state index contributed by atoms with van der Waals surface area (Å²) < 4.78 is 18.5. The number of halogens is 2. The molecule has 5 nitrogen and oxygen atoms in total. The largest absolute Gasteiger partial charge is 0.496 e. The van der Waals surface area contributed by atoms with Gasteiger partial charge in [-0.2, -0.15) is 0 Å². The van der Waals surface area contributed by atoms with Crippen LogP contribution in [0.15, 0.2) is 36.4 Å². The van der Waals surface area contributed by atoms with Crippen molar-refractivity contribution in [1.29, 1.82) is 0 Å². The first-order chi connectivity index (χ1) is 12.4. The molecule has 2 aromatic rings. The molecule has 0 aliphatic carbocycles. The van der Waals surface area contributed by atoms with Gasteiger partial charge in [0.2, 0.25) is 0 Å². The average molecular weight is 377 g/mol. The minimum Gasteiger partial charge on any atom is -0.496 e. The third-order valence-corrected chi connectivity index (χ3v) is 4.80. The number of carbonyl (C=O) groups is 2. The normalized spacial score (nSPS) is 14.8. The van der Waals surface area contributed by atoms with Gasteiger partial charge in [-0.05, 0) is 36.8 Å². The van der Waals surface area contributed by atoms with Crippen LogP contribution >= 0.6 is 11.6 Å². The molecule has 1 fully saturated rings. The van der Waals surface area contributed by atoms with Crippen LogP contribution in [0.1, 0.15) is 11.1 Å². The highest BCUT2D eigenvalue weighted by Gasteiger charge is 2.34. The molecule has 1 aliphatic rings. The first-order valence-electron chi connectivity index (χ1n) is 8.10. The first kappa shape index (κ1) is 18.2. The highest BCUT2D eigenvalue weighted by atomic mass is 35.5. The van der Waals surface area contributed by atoms with Gasteiger partial charge in [0, 0.05) is 30.2 Å². The number of hydrogen-bond donors (Lipinski definition) is 0. The number of ether oxygens (including phenoxy) is 1. The van der Waals surface area contributed by atoms with Crippen LogP contribution in [-0.4, -0.2) is 36.9 Å². The predicted octanol–water partition coefficient (Wildman–Crippen LogP) is 3.17. The minimum atomic E-state index is -0.612. The lowest BCUT2D eigenvalue weighted by Crippen LogP contribution is -2.54. The van der Waals surface area contributed by atoms with E-state index >= 15 is 0 Å². The van der Waals surface area contributed by atoms with Gasteiger partial charge in [0.1, 0.15) is 11.6 Å². The molecule has 0 bridgehead atoms. The van der Waals surface area contributed by atoms with Crippen LogP contribution in [0.25, 0.3) is 0 Å². The van der Waals surface area contributed by atoms with Gasteiger partial charge in [0.25, 0.3) is 0 Å². The van der Waals surface area contributed by atoms with Gasteiger partial charge in [-0.1, -0.05) is 23.7 Å². The van der Waals surface area contributed by atoms with Crippen molar-refractivity contribution in [3.8, 4) is 5.75 Å². The summed E-state index contributed by atoms with van der Waals surface area (Å²) in [6, 6.07) is 9.37. The van der Waals surface area contributed by atoms with Gasteiger partial charge >= 0.3 is 11.8 Å². The van der Waals surface area contributed by atoms with Crippen molar-refractivity contribution in [2.45, 2.75) is 13.5 Å². The second-order valence-electron chi connectivity index (χ2n) is 6.02. The standard InChI is InChI=1S/C19H18ClFN2O3/c1-12-16(4-3-5-17(12)26-2)23-9-8-22(18(24)19(23)25)11-13-6-7-14(21)10-15(13)20/h3-7,10H,8-9,11H2,1-2H3. The van der Waals surface area contributed by atoms with Crippen molar-refractivity contribution in [1.82, 2.24) is 4.90 Å². The number of hydrogen-bond acceptors (Lipinski definition) is 3. The molecule has 0 unspecified atom stereocenters. The maximum atomic E-state index is 13.2. The summed E-state index contributed by atoms with van der Waals surface area (Å²) in [6.07, 6.45) is 0. The molecule has 1 heterocycles. The molecule has 3 rings (SSSR count). The topological polar surface area (TPSA) is 49.9 Å². The van der Waals surface area contributed by atoms with E-state index in [1.165, 1.54) is 28.0 Å². The zero-order valence-electron chi connectivity index (χ0n) is 14.5. The van der Waals surface area contributed by atoms with E-state index < -0.39 is 17.6 Å². The molecule has 2 aromatic carbocycles. The summed E-state index contributed by atoms with van der Waals surface area (Å²) in [7, 11) is 1.56. The van der Waals surface area contributed by atoms with Crippen LogP contribution in [0.3, 0.4) is 0 Å². The van der Waals surface area contributed by atoms with E-state index in [1.807, 2.05) is 6.92 Å². The summed E-state index contributed by atoms with van der Waals surface area (Å²) in [5, 5.41) is 0.233. The Labute approximate surface area is 155 Å². The number of nitrogens with zero attached hydrogens (tertiary/aromatic N) is 2. The van der Waals surface area contributed by atoms with Crippen LogP contribution in [0, 0.1) is 12.7 Å². The van der Waals surface area contributed by atoms with Crippen molar-refractivity contribution < 1.29 is 18.7 Å². The second-order valence-corrected chi connectivity index (χ2v) is 6.43. The Hall–Kier alpha value is -2.60. The van der Waals surface area contributed by atoms with Gasteiger partial charge < -0.3 is 14.5 Å². The number of rotatable bonds is 4. The molecule has 0 N–H and O–H groups in total. The van der Waals surface area contributed by atoms with Crippen molar-refractivity contribution >= 4 is 29.1 Å². The van der Waals surface area contributed by atoms with E-state index in [2.05, 4.69) is 0 Å². The Bertz CT molecular complexity index is 872. The highest BCUT2D eigenvalue weighted by Crippen LogP contribution is 2.30. The van der Waals surface area contributed by atoms with Crippen molar-refractivity contribution in [2.24, 2.45) is 0 Å². The number of amides is 2. The van der Waals surface area contributed by atoms with Crippen LogP contribution < -0.4 is 9.64 Å². The van der Waals surface area contributed by atoms with E-state index in [-0.39, 0.29) is 11.6 Å². The van der Waals surface area contributed by atoms with Crippen LogP contribution in [0.5, 0.6) is 5.75 Å². The van der Waals surface area contributed by atoms with Crippen molar-refractivity contribution in [3.05, 3.63) is 58.4 Å². The van der Waals surface area contributed by atoms with Crippen LogP contribution in [-0.2, 0) is 16.1 Å². The first-order valence-corrected chi connectivity index (χ1v) is 8.48. The Morgan fingerprint density at radius 3 is 2.62 bits per heavy atom. The minimum absolute atomic E-state index is 0.161. The molecule has 7 heteroatoms. The fourth-order valence-electron chi connectivity index (χ4n) is 3.03. The average Bonchev–Trinajstić information content (AvgIpc) is 2.62. The molecular formula is C19H18ClFN2O3. The molecule has 0 saturated carbocycles. The molecule has 0 radical (unpaired) electrons. The molecule has 136 valence electrons. The Morgan fingerprint density at radius 2 is 1.92 bits per heavy atom. The van der Waals surface area contributed by atoms with E-state index in [0.717, 1.165) is 5.56 Å². The molecule has 1 saturated heterocycles. The maximum absolute atomic E-state index is 13.2. The van der Waals surface area contributed by atoms with Crippen LogP contribution in [0.4, 0.5) is 10.1 Å². The van der Waals surface area contributed by atoms with Gasteiger partial charge in [-0.25, -0.2) is 4.39 Å². The molecular weight excluding hydrogens is 359 g/mol. The number of piperazine rings is 1. The Balaban J connectivity index is 1.80. The van der Waals surface area contributed by atoms with E-state index in [4.69, 9.17) is 16.3 Å². The highest BCUT2D eigenvalue weighted by molar-refractivity contribution is 6.41. The number of benzene rings is 2. The zero-order valence-corrected chi connectivity index (χ0v) is 15.2. The fourth-order valence-corrected chi connectivity index (χ4v) is 3.25. The maximum Gasteiger partial charge on any atom is 0.316 e. The number of methoxy groups -OCH3 is 1. The van der Waals surface area contributed by atoms with Gasteiger partial charge in [0.15, 0.2) is 0 Å². The Kier molecular flexibility index (Phi) is 5.13. The molecule has 2 amide bonds. The lowest BCUT2D eigenvalue weighted by atomic mass is 10.1. The summed E-state index contributed by atoms with van der Waals surface area (Å²) in [5.74, 6) is -1.01. The third kappa shape index (κ3) is 3.37. The third-order valence-electron chi connectivity index (χ3n) is 4.45. The lowest BCUT2D eigenvalue weighted by Gasteiger charge is -2.34. The fraction of sp³-hybridized carbons (Fsp3) is 0.263. The van der Waals surface area contributed by atoms with Crippen molar-refractivity contribution in [2.75, 3.05) is 25.1 Å². The summed E-state index contributed by atoms with van der Waals surface area (Å²) in [6.45, 7) is 2.72. The number of carbonyl (C=O) groups excluding carboxylic acids is 2. The smallest absolute Gasteiger partial charge is 0.316 e. The van der Waals surface area contributed by atoms with E-state index in [1.54, 1.807) is 25.3 Å². The second kappa shape index (κ2) is 7.33. The SMILES string of the molecule is COc1cccc(N2CCN(Cc3ccc(F)cc3Cl)C(=O)C2=O)c1C. The van der Waals surface area contributed by atoms with Crippen molar-refractivity contribution in [3.63, 3.8) is 0 Å². The Morgan fingerprint density at radius 1 is 1.15 bits per heavy atom. The van der Waals surface area contributed by atoms with Crippen LogP contribution in [0.2, 0.25) is 5.02 Å². The number of anilines is 1. The quantitative estimate of drug-likeness (QED) is 0.770. The van der Waals surface area contributed by atoms with Gasteiger partial charge in [-0.3, -0.25) is 9.59 Å². The van der Waals surface area contributed by atoms with E-state index in [0.29, 0.717) is 30.1 Å². The van der Waals surface area contributed by atoms with Gasteiger partial charge in [0.05, 0.1) is 12.8 Å². The molecule has 26 heavy (non-hydrogen) atoms. The zero-order chi connectivity index (χ0) is 18.8. The summed E-state index contributed by atoms with van der Waals surface area (Å²) in [5.41, 5.74) is 2.05. The molecule has 0 aromatic heterocycles. The van der Waals surface area contributed by atoms with E-state index in [9.17, 15) is 14.0 Å². The molecule has 0 atom stereocenters. The monoisotopic (exact) mass is 376 g/mol. The lowest BCUT2D eigenvalue weighted by molar-refractivity contribution is -0.146. The summed E-state index contributed by atoms with van der Waals surface area (Å²) >= 11 is 6.02. The van der Waals surface area contributed by atoms with Gasteiger partial charge in [-0.15, -0.1) is 0 Å². The molecule has 1 aliphatic heterocycles. The molecule has 0 spiro atoms. The summed E-state index contributed by atoms with van der Waals surface area (Å²) in [4.78, 5) is 28.0.